The third kappa shape index (κ3) is 3.86. The number of rotatable bonds is 6. The molecule has 1 aromatic heterocycles. The zero-order chi connectivity index (χ0) is 21.1. The number of hydrogen-bond acceptors (Lipinski definition) is 9. The van der Waals surface area contributed by atoms with Gasteiger partial charge in [-0.1, -0.05) is 23.7 Å². The highest BCUT2D eigenvalue weighted by atomic mass is 35.5. The van der Waals surface area contributed by atoms with E-state index in [4.69, 9.17) is 21.1 Å². The number of carbonyl (C=O) groups excluding carboxylic acids is 1. The highest BCUT2D eigenvalue weighted by Gasteiger charge is 2.24. The number of fused-ring (bicyclic) bond motifs is 1. The molecule has 2 heterocycles. The van der Waals surface area contributed by atoms with Crippen molar-refractivity contribution < 1.29 is 19.2 Å². The topological polar surface area (TPSA) is 141 Å². The smallest absolute Gasteiger partial charge is 0.355 e. The minimum absolute atomic E-state index is 0.0802. The van der Waals surface area contributed by atoms with Gasteiger partial charge in [0.05, 0.1) is 15.5 Å². The lowest BCUT2D eigenvalue weighted by Gasteiger charge is -2.11. The third-order valence-electron chi connectivity index (χ3n) is 4.05. The number of carbonyl (C=O) groups is 1. The molecule has 0 fully saturated rings. The van der Waals surface area contributed by atoms with Crippen molar-refractivity contribution >= 4 is 40.5 Å². The summed E-state index contributed by atoms with van der Waals surface area (Å²) in [6.45, 7) is 0.103. The van der Waals surface area contributed by atoms with E-state index in [0.717, 1.165) is 6.33 Å². The standard InChI is InChI=1S/C18H13ClN6O5/c19-12-4-2-1-3-11(12)18(26)24-23-17-15(25(27)28)16(20-8-21-17)22-10-5-6-13-14(7-10)30-9-29-13/h1-8H,9H2,(H,24,26)(H2,20,21,22,23). The fourth-order valence-electron chi connectivity index (χ4n) is 2.67. The molecule has 4 rings (SSSR count). The Kier molecular flexibility index (Phi) is 5.18. The first-order chi connectivity index (χ1) is 14.5. The van der Waals surface area contributed by atoms with Crippen LogP contribution in [0.5, 0.6) is 11.5 Å². The molecule has 0 aliphatic carbocycles. The molecule has 0 spiro atoms. The summed E-state index contributed by atoms with van der Waals surface area (Å²) in [5.41, 5.74) is 5.02. The Morgan fingerprint density at radius 1 is 1.10 bits per heavy atom. The van der Waals surface area contributed by atoms with Crippen LogP contribution in [-0.4, -0.2) is 27.6 Å². The minimum Gasteiger partial charge on any atom is -0.454 e. The number of nitrogens with one attached hydrogen (secondary N) is 3. The van der Waals surface area contributed by atoms with Crippen LogP contribution in [0.1, 0.15) is 10.4 Å². The molecule has 1 aliphatic heterocycles. The molecule has 0 unspecified atom stereocenters. The second kappa shape index (κ2) is 8.09. The number of hydrogen-bond donors (Lipinski definition) is 3. The van der Waals surface area contributed by atoms with Crippen LogP contribution in [0, 0.1) is 10.1 Å². The molecular weight excluding hydrogens is 416 g/mol. The molecule has 0 bridgehead atoms. The van der Waals surface area contributed by atoms with Crippen LogP contribution in [0.2, 0.25) is 5.02 Å². The zero-order valence-corrected chi connectivity index (χ0v) is 15.8. The number of halogens is 1. The fraction of sp³-hybridized carbons (Fsp3) is 0.0556. The van der Waals surface area contributed by atoms with Crippen LogP contribution in [0.15, 0.2) is 48.8 Å². The van der Waals surface area contributed by atoms with E-state index in [1.807, 2.05) is 0 Å². The van der Waals surface area contributed by atoms with Crippen molar-refractivity contribution in [2.24, 2.45) is 0 Å². The van der Waals surface area contributed by atoms with Gasteiger partial charge < -0.3 is 14.8 Å². The molecule has 2 aromatic carbocycles. The highest BCUT2D eigenvalue weighted by molar-refractivity contribution is 6.33. The van der Waals surface area contributed by atoms with E-state index in [1.165, 1.54) is 6.07 Å². The SMILES string of the molecule is O=C(NNc1ncnc(Nc2ccc3c(c2)OCO3)c1[N+](=O)[O-])c1ccccc1Cl. The number of nitrogens with zero attached hydrogens (tertiary/aromatic N) is 3. The molecule has 3 N–H and O–H groups in total. The van der Waals surface area contributed by atoms with Gasteiger partial charge >= 0.3 is 5.69 Å². The van der Waals surface area contributed by atoms with Crippen molar-refractivity contribution in [3.8, 4) is 11.5 Å². The van der Waals surface area contributed by atoms with E-state index in [2.05, 4.69) is 26.1 Å². The molecule has 1 amide bonds. The largest absolute Gasteiger partial charge is 0.454 e. The van der Waals surface area contributed by atoms with Crippen LogP contribution >= 0.6 is 11.6 Å². The molecule has 152 valence electrons. The lowest BCUT2D eigenvalue weighted by atomic mass is 10.2. The van der Waals surface area contributed by atoms with Gasteiger partial charge in [0, 0.05) is 11.8 Å². The van der Waals surface area contributed by atoms with Crippen LogP contribution in [0.3, 0.4) is 0 Å². The number of ether oxygens (including phenoxy) is 2. The number of aromatic nitrogens is 2. The molecular formula is C18H13ClN6O5. The maximum atomic E-state index is 12.3. The van der Waals surface area contributed by atoms with Crippen LogP contribution < -0.4 is 25.6 Å². The third-order valence-corrected chi connectivity index (χ3v) is 4.38. The Bertz CT molecular complexity index is 1140. The van der Waals surface area contributed by atoms with Gasteiger partial charge in [0.2, 0.25) is 18.4 Å². The molecule has 0 atom stereocenters. The molecule has 0 radical (unpaired) electrons. The zero-order valence-electron chi connectivity index (χ0n) is 15.1. The second-order valence-corrected chi connectivity index (χ2v) is 6.34. The van der Waals surface area contributed by atoms with Crippen molar-refractivity contribution in [1.82, 2.24) is 15.4 Å². The van der Waals surface area contributed by atoms with Gasteiger partial charge in [0.15, 0.2) is 11.5 Å². The first kappa shape index (κ1) is 19.2. The average Bonchev–Trinajstić information content (AvgIpc) is 3.20. The Balaban J connectivity index is 1.56. The molecule has 30 heavy (non-hydrogen) atoms. The maximum Gasteiger partial charge on any atom is 0.355 e. The summed E-state index contributed by atoms with van der Waals surface area (Å²) >= 11 is 5.99. The van der Waals surface area contributed by atoms with E-state index in [0.29, 0.717) is 17.2 Å². The van der Waals surface area contributed by atoms with Crippen molar-refractivity contribution in [1.29, 1.82) is 0 Å². The maximum absolute atomic E-state index is 12.3. The van der Waals surface area contributed by atoms with Crippen molar-refractivity contribution in [3.05, 3.63) is 69.5 Å². The summed E-state index contributed by atoms with van der Waals surface area (Å²) in [7, 11) is 0. The second-order valence-electron chi connectivity index (χ2n) is 5.93. The van der Waals surface area contributed by atoms with E-state index >= 15 is 0 Å². The summed E-state index contributed by atoms with van der Waals surface area (Å²) in [5, 5.41) is 14.7. The van der Waals surface area contributed by atoms with Crippen molar-refractivity contribution in [2.45, 2.75) is 0 Å². The minimum atomic E-state index is -0.667. The van der Waals surface area contributed by atoms with Gasteiger partial charge in [0.25, 0.3) is 5.91 Å². The van der Waals surface area contributed by atoms with E-state index < -0.39 is 16.5 Å². The molecule has 0 saturated carbocycles. The lowest BCUT2D eigenvalue weighted by molar-refractivity contribution is -0.383. The lowest BCUT2D eigenvalue weighted by Crippen LogP contribution is -2.30. The molecule has 3 aromatic rings. The summed E-state index contributed by atoms with van der Waals surface area (Å²) in [5.74, 6) is 0.199. The summed E-state index contributed by atoms with van der Waals surface area (Å²) in [4.78, 5) is 31.1. The summed E-state index contributed by atoms with van der Waals surface area (Å²) in [6, 6.07) is 11.3. The Hall–Kier alpha value is -4.12. The van der Waals surface area contributed by atoms with Gasteiger partial charge in [-0.3, -0.25) is 25.8 Å². The monoisotopic (exact) mass is 428 g/mol. The Labute approximate surface area is 174 Å². The van der Waals surface area contributed by atoms with E-state index in [9.17, 15) is 14.9 Å². The van der Waals surface area contributed by atoms with Gasteiger partial charge in [-0.25, -0.2) is 9.97 Å². The van der Waals surface area contributed by atoms with Gasteiger partial charge in [-0.2, -0.15) is 0 Å². The number of anilines is 3. The molecule has 11 nitrogen and oxygen atoms in total. The summed E-state index contributed by atoms with van der Waals surface area (Å²) < 4.78 is 10.5. The fourth-order valence-corrected chi connectivity index (χ4v) is 2.90. The predicted octanol–water partition coefficient (Wildman–Crippen LogP) is 3.27. The van der Waals surface area contributed by atoms with Crippen molar-refractivity contribution in [3.63, 3.8) is 0 Å². The van der Waals surface area contributed by atoms with Gasteiger partial charge in [0.1, 0.15) is 6.33 Å². The summed E-state index contributed by atoms with van der Waals surface area (Å²) in [6.07, 6.45) is 1.12. The number of nitro groups is 1. The number of hydrazine groups is 1. The Morgan fingerprint density at radius 2 is 1.87 bits per heavy atom. The molecule has 0 saturated heterocycles. The normalized spacial score (nSPS) is 11.6. The Morgan fingerprint density at radius 3 is 2.67 bits per heavy atom. The quantitative estimate of drug-likeness (QED) is 0.398. The first-order valence-corrected chi connectivity index (χ1v) is 8.87. The van der Waals surface area contributed by atoms with Gasteiger partial charge in [-0.15, -0.1) is 0 Å². The molecule has 1 aliphatic rings. The first-order valence-electron chi connectivity index (χ1n) is 8.50. The predicted molar refractivity (Wildman–Crippen MR) is 107 cm³/mol. The van der Waals surface area contributed by atoms with E-state index in [-0.39, 0.29) is 29.0 Å². The molecule has 12 heteroatoms. The van der Waals surface area contributed by atoms with E-state index in [1.54, 1.807) is 36.4 Å². The van der Waals surface area contributed by atoms with Crippen LogP contribution in [0.25, 0.3) is 0 Å². The van der Waals surface area contributed by atoms with Gasteiger partial charge in [-0.05, 0) is 24.3 Å². The van der Waals surface area contributed by atoms with Crippen LogP contribution in [-0.2, 0) is 0 Å². The number of amides is 1. The average molecular weight is 429 g/mol. The van der Waals surface area contributed by atoms with Crippen LogP contribution in [0.4, 0.5) is 23.0 Å². The number of benzene rings is 2. The van der Waals surface area contributed by atoms with Crippen molar-refractivity contribution in [2.75, 3.05) is 17.5 Å². The highest BCUT2D eigenvalue weighted by Crippen LogP contribution is 2.37.